The van der Waals surface area contributed by atoms with Gasteiger partial charge in [-0.3, -0.25) is 0 Å². The molecule has 0 aliphatic carbocycles. The molecule has 0 bridgehead atoms. The van der Waals surface area contributed by atoms with E-state index in [0.29, 0.717) is 0 Å². The molecule has 1 aliphatic heterocycles. The lowest BCUT2D eigenvalue weighted by Gasteiger charge is -2.25. The maximum atomic E-state index is 12.9. The van der Waals surface area contributed by atoms with E-state index in [1.165, 1.54) is 31.4 Å². The Morgan fingerprint density at radius 2 is 1.78 bits per heavy atom. The van der Waals surface area contributed by atoms with Crippen LogP contribution in [0.3, 0.4) is 0 Å². The number of benzene rings is 1. The van der Waals surface area contributed by atoms with E-state index in [1.54, 1.807) is 23.5 Å². The third-order valence-corrected chi connectivity index (χ3v) is 4.16. The summed E-state index contributed by atoms with van der Waals surface area (Å²) >= 11 is 1.68. The zero-order chi connectivity index (χ0) is 12.4. The van der Waals surface area contributed by atoms with Crippen molar-refractivity contribution in [3.63, 3.8) is 0 Å². The Balaban J connectivity index is 1.82. The van der Waals surface area contributed by atoms with Crippen molar-refractivity contribution < 1.29 is 4.39 Å². The second kappa shape index (κ2) is 5.06. The fraction of sp³-hybridized carbons (Fsp3) is 0.357. The molecule has 2 nitrogen and oxygen atoms in total. The molecule has 0 N–H and O–H groups in total. The Morgan fingerprint density at radius 1 is 1.06 bits per heavy atom. The summed E-state index contributed by atoms with van der Waals surface area (Å²) in [6.07, 6.45) is 3.84. The van der Waals surface area contributed by atoms with Crippen LogP contribution in [0.1, 0.15) is 19.3 Å². The second-order valence-corrected chi connectivity index (χ2v) is 5.41. The van der Waals surface area contributed by atoms with Gasteiger partial charge in [-0.15, -0.1) is 11.3 Å². The van der Waals surface area contributed by atoms with Gasteiger partial charge in [-0.2, -0.15) is 0 Å². The number of hydrogen-bond acceptors (Lipinski definition) is 3. The Hall–Kier alpha value is -1.42. The predicted molar refractivity (Wildman–Crippen MR) is 73.6 cm³/mol. The van der Waals surface area contributed by atoms with Gasteiger partial charge in [0.15, 0.2) is 5.13 Å². The molecule has 0 saturated carbocycles. The molecule has 1 saturated heterocycles. The standard InChI is InChI=1S/C14H15FN2S/c15-12-6-4-11(5-7-12)13-10-18-14(16-13)17-8-2-1-3-9-17/h4-7,10H,1-3,8-9H2. The van der Waals surface area contributed by atoms with Gasteiger partial charge in [-0.25, -0.2) is 9.37 Å². The maximum Gasteiger partial charge on any atom is 0.185 e. The zero-order valence-corrected chi connectivity index (χ0v) is 10.9. The molecule has 1 aromatic heterocycles. The van der Waals surface area contributed by atoms with E-state index in [-0.39, 0.29) is 5.82 Å². The quantitative estimate of drug-likeness (QED) is 0.815. The highest BCUT2D eigenvalue weighted by Crippen LogP contribution is 2.29. The van der Waals surface area contributed by atoms with Gasteiger partial charge in [0.25, 0.3) is 0 Å². The Morgan fingerprint density at radius 3 is 2.50 bits per heavy atom. The van der Waals surface area contributed by atoms with Crippen LogP contribution in [-0.2, 0) is 0 Å². The number of thiazole rings is 1. The first-order valence-corrected chi connectivity index (χ1v) is 7.17. The minimum atomic E-state index is -0.203. The highest BCUT2D eigenvalue weighted by Gasteiger charge is 2.14. The van der Waals surface area contributed by atoms with Crippen molar-refractivity contribution in [2.45, 2.75) is 19.3 Å². The van der Waals surface area contributed by atoms with Crippen molar-refractivity contribution in [3.8, 4) is 11.3 Å². The van der Waals surface area contributed by atoms with Crippen LogP contribution in [0.2, 0.25) is 0 Å². The average molecular weight is 262 g/mol. The second-order valence-electron chi connectivity index (χ2n) is 4.57. The summed E-state index contributed by atoms with van der Waals surface area (Å²) in [6, 6.07) is 6.53. The number of halogens is 1. The molecule has 0 spiro atoms. The SMILES string of the molecule is Fc1ccc(-c2csc(N3CCCCC3)n2)cc1. The molecule has 1 aromatic carbocycles. The van der Waals surface area contributed by atoms with Gasteiger partial charge in [0.05, 0.1) is 5.69 Å². The molecule has 4 heteroatoms. The number of anilines is 1. The molecule has 3 rings (SSSR count). The van der Waals surface area contributed by atoms with Crippen LogP contribution >= 0.6 is 11.3 Å². The van der Waals surface area contributed by atoms with Gasteiger partial charge >= 0.3 is 0 Å². The van der Waals surface area contributed by atoms with E-state index in [4.69, 9.17) is 0 Å². The van der Waals surface area contributed by atoms with Crippen LogP contribution in [0, 0.1) is 5.82 Å². The number of rotatable bonds is 2. The van der Waals surface area contributed by atoms with Crippen molar-refractivity contribution >= 4 is 16.5 Å². The van der Waals surface area contributed by atoms with E-state index >= 15 is 0 Å². The molecule has 0 unspecified atom stereocenters. The van der Waals surface area contributed by atoms with E-state index in [0.717, 1.165) is 29.5 Å². The predicted octanol–water partition coefficient (Wildman–Crippen LogP) is 3.94. The summed E-state index contributed by atoms with van der Waals surface area (Å²) in [6.45, 7) is 2.22. The number of aromatic nitrogens is 1. The smallest absolute Gasteiger partial charge is 0.185 e. The normalized spacial score (nSPS) is 15.9. The molecule has 1 fully saturated rings. The van der Waals surface area contributed by atoms with Crippen molar-refractivity contribution in [1.29, 1.82) is 0 Å². The van der Waals surface area contributed by atoms with Gasteiger partial charge in [-0.05, 0) is 43.5 Å². The molecule has 0 radical (unpaired) electrons. The Bertz CT molecular complexity index is 515. The number of nitrogens with zero attached hydrogens (tertiary/aromatic N) is 2. The first-order chi connectivity index (χ1) is 8.83. The van der Waals surface area contributed by atoms with E-state index < -0.39 is 0 Å². The van der Waals surface area contributed by atoms with Gasteiger partial charge in [-0.1, -0.05) is 0 Å². The summed E-state index contributed by atoms with van der Waals surface area (Å²) in [5.74, 6) is -0.203. The highest BCUT2D eigenvalue weighted by molar-refractivity contribution is 7.14. The zero-order valence-electron chi connectivity index (χ0n) is 10.1. The van der Waals surface area contributed by atoms with Crippen LogP contribution < -0.4 is 4.90 Å². The molecule has 18 heavy (non-hydrogen) atoms. The molecule has 2 heterocycles. The van der Waals surface area contributed by atoms with Crippen LogP contribution in [-0.4, -0.2) is 18.1 Å². The fourth-order valence-electron chi connectivity index (χ4n) is 2.25. The molecule has 1 aliphatic rings. The number of piperidine rings is 1. The van der Waals surface area contributed by atoms with Crippen LogP contribution in [0.15, 0.2) is 29.6 Å². The van der Waals surface area contributed by atoms with Gasteiger partial charge < -0.3 is 4.90 Å². The molecular formula is C14H15FN2S. The lowest BCUT2D eigenvalue weighted by Crippen LogP contribution is -2.29. The highest BCUT2D eigenvalue weighted by atomic mass is 32.1. The molecule has 2 aromatic rings. The molecular weight excluding hydrogens is 247 g/mol. The third kappa shape index (κ3) is 2.38. The van der Waals surface area contributed by atoms with Gasteiger partial charge in [0.1, 0.15) is 5.82 Å². The lowest BCUT2D eigenvalue weighted by molar-refractivity contribution is 0.577. The van der Waals surface area contributed by atoms with Crippen molar-refractivity contribution in [1.82, 2.24) is 4.98 Å². The first-order valence-electron chi connectivity index (χ1n) is 6.29. The summed E-state index contributed by atoms with van der Waals surface area (Å²) in [5, 5.41) is 3.14. The molecule has 94 valence electrons. The van der Waals surface area contributed by atoms with Gasteiger partial charge in [0, 0.05) is 24.0 Å². The van der Waals surface area contributed by atoms with Crippen LogP contribution in [0.25, 0.3) is 11.3 Å². The number of hydrogen-bond donors (Lipinski definition) is 0. The topological polar surface area (TPSA) is 16.1 Å². The largest absolute Gasteiger partial charge is 0.348 e. The van der Waals surface area contributed by atoms with Crippen LogP contribution in [0.5, 0.6) is 0 Å². The van der Waals surface area contributed by atoms with Crippen molar-refractivity contribution in [3.05, 3.63) is 35.5 Å². The first kappa shape index (κ1) is 11.7. The molecule has 0 amide bonds. The maximum absolute atomic E-state index is 12.9. The van der Waals surface area contributed by atoms with Gasteiger partial charge in [0.2, 0.25) is 0 Å². The fourth-order valence-corrected chi connectivity index (χ4v) is 3.14. The minimum Gasteiger partial charge on any atom is -0.348 e. The van der Waals surface area contributed by atoms with E-state index in [2.05, 4.69) is 15.3 Å². The summed E-state index contributed by atoms with van der Waals surface area (Å²) in [5.41, 5.74) is 1.93. The van der Waals surface area contributed by atoms with E-state index in [1.807, 2.05) is 0 Å². The monoisotopic (exact) mass is 262 g/mol. The van der Waals surface area contributed by atoms with Crippen molar-refractivity contribution in [2.75, 3.05) is 18.0 Å². The van der Waals surface area contributed by atoms with E-state index in [9.17, 15) is 4.39 Å². The minimum absolute atomic E-state index is 0.203. The third-order valence-electron chi connectivity index (χ3n) is 3.26. The average Bonchev–Trinajstić information content (AvgIpc) is 2.90. The Kier molecular flexibility index (Phi) is 3.28. The summed E-state index contributed by atoms with van der Waals surface area (Å²) in [4.78, 5) is 7.00. The molecule has 0 atom stereocenters. The van der Waals surface area contributed by atoms with Crippen molar-refractivity contribution in [2.24, 2.45) is 0 Å². The lowest BCUT2D eigenvalue weighted by atomic mass is 10.1. The Labute approximate surface area is 110 Å². The summed E-state index contributed by atoms with van der Waals surface area (Å²) in [7, 11) is 0. The summed E-state index contributed by atoms with van der Waals surface area (Å²) < 4.78 is 12.9. The van der Waals surface area contributed by atoms with Crippen LogP contribution in [0.4, 0.5) is 9.52 Å².